The van der Waals surface area contributed by atoms with E-state index in [9.17, 15) is 4.79 Å². The minimum atomic E-state index is -0.194. The third-order valence-electron chi connectivity index (χ3n) is 3.90. The van der Waals surface area contributed by atoms with Gasteiger partial charge in [0.15, 0.2) is 10.9 Å². The van der Waals surface area contributed by atoms with Crippen molar-refractivity contribution in [3.05, 3.63) is 47.2 Å². The van der Waals surface area contributed by atoms with Crippen LogP contribution in [0.4, 0.5) is 0 Å². The largest absolute Gasteiger partial charge is 0.396 e. The molecule has 1 aliphatic heterocycles. The lowest BCUT2D eigenvalue weighted by molar-refractivity contribution is -0.114. The van der Waals surface area contributed by atoms with Gasteiger partial charge in [-0.05, 0) is 44.5 Å². The fraction of sp³-hybridized carbons (Fsp3) is 0.412. The Morgan fingerprint density at radius 2 is 2.00 bits per heavy atom. The summed E-state index contributed by atoms with van der Waals surface area (Å²) in [5, 5.41) is 12.8. The van der Waals surface area contributed by atoms with Crippen LogP contribution in [0.2, 0.25) is 0 Å². The third-order valence-corrected chi connectivity index (χ3v) is 4.24. The van der Waals surface area contributed by atoms with Crippen LogP contribution in [0, 0.1) is 0 Å². The molecule has 0 radical (unpaired) electrons. The van der Waals surface area contributed by atoms with E-state index in [1.807, 2.05) is 42.2 Å². The summed E-state index contributed by atoms with van der Waals surface area (Å²) in [6.45, 7) is 4.41. The average Bonchev–Trinajstić information content (AvgIpc) is 2.50. The van der Waals surface area contributed by atoms with Crippen LogP contribution >= 0.6 is 12.2 Å². The first-order chi connectivity index (χ1) is 10.6. The van der Waals surface area contributed by atoms with Gasteiger partial charge in [-0.2, -0.15) is 0 Å². The number of allylic oxidation sites excluding steroid dienone is 1. The highest BCUT2D eigenvalue weighted by atomic mass is 32.1. The van der Waals surface area contributed by atoms with E-state index in [2.05, 4.69) is 5.32 Å². The summed E-state index contributed by atoms with van der Waals surface area (Å²) >= 11 is 5.48. The van der Waals surface area contributed by atoms with Gasteiger partial charge in [0.2, 0.25) is 0 Å². The van der Waals surface area contributed by atoms with E-state index in [1.54, 1.807) is 6.92 Å². The Hall–Kier alpha value is -1.72. The summed E-state index contributed by atoms with van der Waals surface area (Å²) in [5.74, 6) is 0.0495. The van der Waals surface area contributed by atoms with E-state index < -0.39 is 0 Å². The predicted octanol–water partition coefficient (Wildman–Crippen LogP) is 2.55. The molecule has 1 aromatic rings. The molecule has 1 heterocycles. The summed E-state index contributed by atoms with van der Waals surface area (Å²) in [7, 11) is 0. The Labute approximate surface area is 136 Å². The third kappa shape index (κ3) is 3.54. The van der Waals surface area contributed by atoms with Gasteiger partial charge >= 0.3 is 0 Å². The van der Waals surface area contributed by atoms with E-state index in [0.717, 1.165) is 29.7 Å². The lowest BCUT2D eigenvalue weighted by Crippen LogP contribution is -2.47. The zero-order chi connectivity index (χ0) is 16.1. The van der Waals surface area contributed by atoms with Gasteiger partial charge in [0.25, 0.3) is 0 Å². The fourth-order valence-corrected chi connectivity index (χ4v) is 3.13. The van der Waals surface area contributed by atoms with Crippen molar-refractivity contribution in [2.75, 3.05) is 13.2 Å². The number of Topliss-reactive ketones (excluding diaryl/α,β-unsaturated/α-hetero) is 1. The maximum atomic E-state index is 12.2. The molecule has 1 aliphatic rings. The summed E-state index contributed by atoms with van der Waals surface area (Å²) < 4.78 is 0. The molecule has 0 fully saturated rings. The normalized spacial score (nSPS) is 18.4. The van der Waals surface area contributed by atoms with Gasteiger partial charge in [0.1, 0.15) is 0 Å². The van der Waals surface area contributed by atoms with Crippen LogP contribution < -0.4 is 5.32 Å². The van der Waals surface area contributed by atoms with Gasteiger partial charge in [-0.15, -0.1) is 0 Å². The molecular formula is C17H22N2O2S. The first-order valence-corrected chi connectivity index (χ1v) is 7.92. The Balaban J connectivity index is 2.35. The molecule has 0 spiro atoms. The van der Waals surface area contributed by atoms with Crippen molar-refractivity contribution < 1.29 is 9.90 Å². The maximum absolute atomic E-state index is 12.2. The van der Waals surface area contributed by atoms with Gasteiger partial charge < -0.3 is 15.3 Å². The van der Waals surface area contributed by atoms with E-state index >= 15 is 0 Å². The highest BCUT2D eigenvalue weighted by molar-refractivity contribution is 7.80. The van der Waals surface area contributed by atoms with Crippen LogP contribution in [-0.4, -0.2) is 34.1 Å². The van der Waals surface area contributed by atoms with E-state index in [1.165, 1.54) is 0 Å². The molecule has 5 heteroatoms. The second-order valence-corrected chi connectivity index (χ2v) is 5.82. The number of rotatable bonds is 6. The SMILES string of the molecule is CC(=O)C1=C(C)N(CCCCO)C(=S)NC1c1ccccc1. The van der Waals surface area contributed by atoms with Crippen LogP contribution in [0.15, 0.2) is 41.6 Å². The van der Waals surface area contributed by atoms with Crippen LogP contribution in [0.1, 0.15) is 38.3 Å². The van der Waals surface area contributed by atoms with Gasteiger partial charge in [-0.25, -0.2) is 0 Å². The van der Waals surface area contributed by atoms with Gasteiger partial charge in [-0.3, -0.25) is 4.79 Å². The zero-order valence-electron chi connectivity index (χ0n) is 13.0. The molecule has 4 nitrogen and oxygen atoms in total. The quantitative estimate of drug-likeness (QED) is 0.624. The molecule has 0 amide bonds. The molecule has 1 unspecified atom stereocenters. The number of hydrogen-bond donors (Lipinski definition) is 2. The van der Waals surface area contributed by atoms with Crippen LogP contribution in [0.25, 0.3) is 0 Å². The molecule has 0 saturated heterocycles. The Morgan fingerprint density at radius 1 is 1.32 bits per heavy atom. The Morgan fingerprint density at radius 3 is 2.59 bits per heavy atom. The minimum absolute atomic E-state index is 0.0495. The number of unbranched alkanes of at least 4 members (excludes halogenated alkanes) is 1. The molecule has 1 aromatic carbocycles. The molecule has 0 bridgehead atoms. The first-order valence-electron chi connectivity index (χ1n) is 7.51. The van der Waals surface area contributed by atoms with E-state index in [4.69, 9.17) is 17.3 Å². The number of carbonyl (C=O) groups excluding carboxylic acids is 1. The number of carbonyl (C=O) groups is 1. The molecule has 0 aromatic heterocycles. The van der Waals surface area contributed by atoms with Crippen LogP contribution in [0.5, 0.6) is 0 Å². The number of ketones is 1. The molecule has 2 rings (SSSR count). The molecule has 2 N–H and O–H groups in total. The lowest BCUT2D eigenvalue weighted by Gasteiger charge is -2.37. The topological polar surface area (TPSA) is 52.6 Å². The molecular weight excluding hydrogens is 296 g/mol. The first kappa shape index (κ1) is 16.6. The monoisotopic (exact) mass is 318 g/mol. The standard InChI is InChI=1S/C17H22N2O2S/c1-12-15(13(2)21)16(14-8-4-3-5-9-14)18-17(22)19(12)10-6-7-11-20/h3-5,8-9,16,20H,6-7,10-11H2,1-2H3,(H,18,22). The van der Waals surface area contributed by atoms with Crippen molar-refractivity contribution in [1.29, 1.82) is 0 Å². The zero-order valence-corrected chi connectivity index (χ0v) is 13.8. The fourth-order valence-electron chi connectivity index (χ4n) is 2.78. The highest BCUT2D eigenvalue weighted by Crippen LogP contribution is 2.31. The Bertz CT molecular complexity index is 584. The highest BCUT2D eigenvalue weighted by Gasteiger charge is 2.31. The number of nitrogens with one attached hydrogen (secondary N) is 1. The van der Waals surface area contributed by atoms with Gasteiger partial charge in [0.05, 0.1) is 6.04 Å². The van der Waals surface area contributed by atoms with Crippen LogP contribution in [0.3, 0.4) is 0 Å². The number of thiocarbonyl (C=S) groups is 1. The Kier molecular flexibility index (Phi) is 5.69. The summed E-state index contributed by atoms with van der Waals surface area (Å²) in [6.07, 6.45) is 1.56. The molecule has 0 aliphatic carbocycles. The second-order valence-electron chi connectivity index (χ2n) is 5.43. The van der Waals surface area contributed by atoms with Crippen LogP contribution in [-0.2, 0) is 4.79 Å². The molecule has 118 valence electrons. The summed E-state index contributed by atoms with van der Waals surface area (Å²) in [6, 6.07) is 9.67. The number of benzene rings is 1. The number of aliphatic hydroxyl groups is 1. The smallest absolute Gasteiger partial charge is 0.173 e. The van der Waals surface area contributed by atoms with Crippen molar-refractivity contribution in [3.63, 3.8) is 0 Å². The van der Waals surface area contributed by atoms with Gasteiger partial charge in [-0.1, -0.05) is 30.3 Å². The van der Waals surface area contributed by atoms with Crippen molar-refractivity contribution in [2.24, 2.45) is 0 Å². The molecule has 1 atom stereocenters. The van der Waals surface area contributed by atoms with Crippen molar-refractivity contribution >= 4 is 23.1 Å². The minimum Gasteiger partial charge on any atom is -0.396 e. The van der Waals surface area contributed by atoms with Crippen molar-refractivity contribution in [1.82, 2.24) is 10.2 Å². The molecule has 0 saturated carbocycles. The van der Waals surface area contributed by atoms with Crippen molar-refractivity contribution in [2.45, 2.75) is 32.7 Å². The number of hydrogen-bond acceptors (Lipinski definition) is 3. The number of aliphatic hydroxyl groups excluding tert-OH is 1. The van der Waals surface area contributed by atoms with E-state index in [-0.39, 0.29) is 18.4 Å². The molecule has 22 heavy (non-hydrogen) atoms. The average molecular weight is 318 g/mol. The lowest BCUT2D eigenvalue weighted by atomic mass is 9.92. The van der Waals surface area contributed by atoms with E-state index in [0.29, 0.717) is 11.7 Å². The van der Waals surface area contributed by atoms with Crippen molar-refractivity contribution in [3.8, 4) is 0 Å². The number of nitrogens with zero attached hydrogens (tertiary/aromatic N) is 1. The second kappa shape index (κ2) is 7.51. The summed E-state index contributed by atoms with van der Waals surface area (Å²) in [5.41, 5.74) is 2.69. The van der Waals surface area contributed by atoms with Gasteiger partial charge in [0, 0.05) is 24.4 Å². The maximum Gasteiger partial charge on any atom is 0.173 e. The predicted molar refractivity (Wildman–Crippen MR) is 91.3 cm³/mol. The summed E-state index contributed by atoms with van der Waals surface area (Å²) in [4.78, 5) is 14.1.